The molecular formula is C20H20N4S2. The first kappa shape index (κ1) is 17.0. The summed E-state index contributed by atoms with van der Waals surface area (Å²) in [5.41, 5.74) is 6.77. The van der Waals surface area contributed by atoms with Crippen molar-refractivity contribution in [2.75, 3.05) is 38.0 Å². The minimum Gasteiger partial charge on any atom is -0.378 e. The molecule has 2 heterocycles. The van der Waals surface area contributed by atoms with E-state index in [0.717, 1.165) is 11.4 Å². The van der Waals surface area contributed by atoms with Gasteiger partial charge in [-0.3, -0.25) is 0 Å². The molecule has 0 saturated carbocycles. The fraction of sp³-hybridized carbons (Fsp3) is 0.200. The van der Waals surface area contributed by atoms with Crippen LogP contribution in [0.3, 0.4) is 0 Å². The molecule has 1 aliphatic rings. The van der Waals surface area contributed by atoms with Gasteiger partial charge in [0.25, 0.3) is 0 Å². The molecule has 0 fully saturated rings. The second-order valence-electron chi connectivity index (χ2n) is 6.60. The fourth-order valence-electron chi connectivity index (χ4n) is 2.90. The Morgan fingerprint density at radius 2 is 1.00 bits per heavy atom. The van der Waals surface area contributed by atoms with Crippen molar-refractivity contribution in [1.82, 2.24) is 8.75 Å². The van der Waals surface area contributed by atoms with Gasteiger partial charge in [0.2, 0.25) is 0 Å². The van der Waals surface area contributed by atoms with Crippen LogP contribution >= 0.6 is 22.7 Å². The number of hydrogen-bond acceptors (Lipinski definition) is 5. The second kappa shape index (κ2) is 6.70. The van der Waals surface area contributed by atoms with Gasteiger partial charge < -0.3 is 9.80 Å². The predicted octanol–water partition coefficient (Wildman–Crippen LogP) is 3.55. The van der Waals surface area contributed by atoms with Gasteiger partial charge in [-0.05, 0) is 35.4 Å². The molecule has 1 aromatic heterocycles. The number of nitrogens with zero attached hydrogens (tertiary/aromatic N) is 4. The Bertz CT molecular complexity index is 931. The largest absolute Gasteiger partial charge is 0.378 e. The van der Waals surface area contributed by atoms with E-state index in [2.05, 4.69) is 95.3 Å². The summed E-state index contributed by atoms with van der Waals surface area (Å²) in [6.07, 6.45) is 0. The molecule has 0 aliphatic carbocycles. The summed E-state index contributed by atoms with van der Waals surface area (Å²) in [4.78, 5) is 6.59. The molecule has 0 radical (unpaired) electrons. The Hall–Kier alpha value is -2.44. The Morgan fingerprint density at radius 3 is 1.35 bits per heavy atom. The first-order chi connectivity index (χ1) is 12.5. The zero-order valence-electron chi connectivity index (χ0n) is 15.2. The van der Waals surface area contributed by atoms with E-state index in [-0.39, 0.29) is 0 Å². The van der Waals surface area contributed by atoms with E-state index in [4.69, 9.17) is 0 Å². The minimum absolute atomic E-state index is 1.00. The average molecular weight is 381 g/mol. The summed E-state index contributed by atoms with van der Waals surface area (Å²) >= 11 is 1.28. The van der Waals surface area contributed by atoms with Gasteiger partial charge in [0.1, 0.15) is 11.4 Å². The average Bonchev–Trinajstić information content (AvgIpc) is 3.24. The fourth-order valence-corrected chi connectivity index (χ4v) is 4.76. The molecule has 4 rings (SSSR count). The minimum atomic E-state index is 1.00. The molecule has 0 unspecified atom stereocenters. The first-order valence-electron chi connectivity index (χ1n) is 8.35. The molecule has 0 bridgehead atoms. The highest BCUT2D eigenvalue weighted by molar-refractivity contribution is 8.00. The standard InChI is InChI=1S/C20H20N4S2/c1-23(2)15-9-5-13(6-10-15)19-17-18(22-26-21-17)20(25-19)14-7-11-16(12-8-14)24(3)4/h5-12H,1-4H3. The lowest BCUT2D eigenvalue weighted by atomic mass is 10.0. The van der Waals surface area contributed by atoms with Crippen LogP contribution in [0.25, 0.3) is 0 Å². The van der Waals surface area contributed by atoms with E-state index in [9.17, 15) is 0 Å². The van der Waals surface area contributed by atoms with Crippen molar-refractivity contribution in [3.05, 3.63) is 71.0 Å². The summed E-state index contributed by atoms with van der Waals surface area (Å²) in [6, 6.07) is 17.2. The smallest absolute Gasteiger partial charge is 0.124 e. The Kier molecular flexibility index (Phi) is 4.38. The van der Waals surface area contributed by atoms with Crippen LogP contribution in [0.15, 0.2) is 48.5 Å². The van der Waals surface area contributed by atoms with Crippen LogP contribution in [0.2, 0.25) is 0 Å². The zero-order chi connectivity index (χ0) is 18.3. The van der Waals surface area contributed by atoms with Gasteiger partial charge >= 0.3 is 0 Å². The summed E-state index contributed by atoms with van der Waals surface area (Å²) in [5.74, 6) is 0. The first-order valence-corrected chi connectivity index (χ1v) is 9.90. The van der Waals surface area contributed by atoms with E-state index in [1.807, 2.05) is 0 Å². The number of rotatable bonds is 4. The normalized spacial score (nSPS) is 12.8. The summed E-state index contributed by atoms with van der Waals surface area (Å²) < 4.78 is 9.13. The number of anilines is 2. The third-order valence-corrected chi connectivity index (χ3v) is 6.21. The van der Waals surface area contributed by atoms with Gasteiger partial charge in [0.15, 0.2) is 0 Å². The molecule has 0 amide bonds. The molecule has 26 heavy (non-hydrogen) atoms. The van der Waals surface area contributed by atoms with Crippen LogP contribution in [0.5, 0.6) is 0 Å². The molecule has 0 saturated heterocycles. The lowest BCUT2D eigenvalue weighted by molar-refractivity contribution is 1.13. The highest BCUT2D eigenvalue weighted by atomic mass is 32.1. The van der Waals surface area contributed by atoms with Crippen molar-refractivity contribution < 1.29 is 0 Å². The molecule has 0 N–H and O–H groups in total. The Labute approximate surface area is 161 Å². The summed E-state index contributed by atoms with van der Waals surface area (Å²) in [5, 5.41) is 0. The molecule has 6 heteroatoms. The third-order valence-electron chi connectivity index (χ3n) is 4.41. The molecular weight excluding hydrogens is 360 g/mol. The molecule has 1 aliphatic heterocycles. The molecule has 4 nitrogen and oxygen atoms in total. The van der Waals surface area contributed by atoms with E-state index in [1.165, 1.54) is 44.0 Å². The maximum Gasteiger partial charge on any atom is 0.124 e. The van der Waals surface area contributed by atoms with Crippen LogP contribution < -0.4 is 9.80 Å². The van der Waals surface area contributed by atoms with Crippen molar-refractivity contribution in [2.24, 2.45) is 0 Å². The zero-order valence-corrected chi connectivity index (χ0v) is 16.9. The SMILES string of the molecule is CN(C)c1ccc(C2=S=C(c3ccc(N(C)C)cc3)c3nsnc32)cc1. The highest BCUT2D eigenvalue weighted by Gasteiger charge is 2.25. The van der Waals surface area contributed by atoms with Crippen LogP contribution in [-0.2, 0) is 0 Å². The number of aromatic nitrogens is 2. The second-order valence-corrected chi connectivity index (χ2v) is 8.15. The van der Waals surface area contributed by atoms with E-state index in [1.54, 1.807) is 10.9 Å². The Morgan fingerprint density at radius 1 is 0.615 bits per heavy atom. The maximum absolute atomic E-state index is 4.57. The summed E-state index contributed by atoms with van der Waals surface area (Å²) in [6.45, 7) is 0. The topological polar surface area (TPSA) is 32.3 Å². The van der Waals surface area contributed by atoms with E-state index < -0.39 is 0 Å². The molecule has 132 valence electrons. The number of hydrogen-bond donors (Lipinski definition) is 0. The van der Waals surface area contributed by atoms with Crippen molar-refractivity contribution >= 4 is 43.8 Å². The van der Waals surface area contributed by atoms with E-state index in [0.29, 0.717) is 0 Å². The predicted molar refractivity (Wildman–Crippen MR) is 115 cm³/mol. The lowest BCUT2D eigenvalue weighted by Gasteiger charge is -2.12. The van der Waals surface area contributed by atoms with Crippen LogP contribution in [0.1, 0.15) is 22.5 Å². The van der Waals surface area contributed by atoms with Gasteiger partial charge in [0, 0.05) is 39.6 Å². The van der Waals surface area contributed by atoms with Crippen molar-refractivity contribution in [3.8, 4) is 0 Å². The van der Waals surface area contributed by atoms with Gasteiger partial charge in [-0.15, -0.1) is 10.9 Å². The van der Waals surface area contributed by atoms with Gasteiger partial charge in [-0.2, -0.15) is 8.75 Å². The lowest BCUT2D eigenvalue weighted by Crippen LogP contribution is -2.09. The highest BCUT2D eigenvalue weighted by Crippen LogP contribution is 2.27. The number of fused-ring (bicyclic) bond motifs is 1. The van der Waals surface area contributed by atoms with Gasteiger partial charge in [-0.25, -0.2) is 0 Å². The van der Waals surface area contributed by atoms with Crippen LogP contribution in [0, 0.1) is 0 Å². The van der Waals surface area contributed by atoms with Crippen molar-refractivity contribution in [3.63, 3.8) is 0 Å². The molecule has 3 aromatic rings. The van der Waals surface area contributed by atoms with Crippen molar-refractivity contribution in [1.29, 1.82) is 0 Å². The number of benzene rings is 2. The maximum atomic E-state index is 4.57. The molecule has 0 spiro atoms. The quantitative estimate of drug-likeness (QED) is 0.507. The van der Waals surface area contributed by atoms with Crippen LogP contribution in [-0.4, -0.2) is 46.7 Å². The van der Waals surface area contributed by atoms with Crippen molar-refractivity contribution in [2.45, 2.75) is 0 Å². The molecule has 2 aromatic carbocycles. The Balaban J connectivity index is 1.79. The van der Waals surface area contributed by atoms with Gasteiger partial charge in [-0.1, -0.05) is 24.3 Å². The molecule has 0 atom stereocenters. The van der Waals surface area contributed by atoms with Crippen LogP contribution in [0.4, 0.5) is 11.4 Å². The van der Waals surface area contributed by atoms with E-state index >= 15 is 0 Å². The third kappa shape index (κ3) is 2.95. The summed E-state index contributed by atoms with van der Waals surface area (Å²) in [7, 11) is 9.98. The monoisotopic (exact) mass is 380 g/mol. The van der Waals surface area contributed by atoms with Gasteiger partial charge in [0.05, 0.1) is 21.5 Å².